The number of nitrogens with one attached hydrogen (secondary N) is 1. The van der Waals surface area contributed by atoms with Gasteiger partial charge in [0, 0.05) is 19.7 Å². The van der Waals surface area contributed by atoms with E-state index in [0.29, 0.717) is 28.2 Å². The fourth-order valence-electron chi connectivity index (χ4n) is 2.59. The van der Waals surface area contributed by atoms with Crippen LogP contribution < -0.4 is 5.32 Å². The number of hydrogen-bond donors (Lipinski definition) is 1. The third-order valence-electron chi connectivity index (χ3n) is 3.83. The van der Waals surface area contributed by atoms with E-state index in [0.717, 1.165) is 5.56 Å². The second-order valence-corrected chi connectivity index (χ2v) is 5.91. The second-order valence-electron chi connectivity index (χ2n) is 5.91. The second kappa shape index (κ2) is 6.57. The molecule has 0 fully saturated rings. The molecule has 2 amide bonds. The summed E-state index contributed by atoms with van der Waals surface area (Å²) in [6, 6.07) is 14.1. The third kappa shape index (κ3) is 3.40. The lowest BCUT2D eigenvalue weighted by atomic mass is 10.0. The highest BCUT2D eigenvalue weighted by Crippen LogP contribution is 2.30. The van der Waals surface area contributed by atoms with Crippen LogP contribution in [0.25, 0.3) is 0 Å². The zero-order valence-electron chi connectivity index (χ0n) is 13.9. The summed E-state index contributed by atoms with van der Waals surface area (Å²) in [5.74, 6) is -0.360. The fraction of sp³-hybridized carbons (Fsp3) is 0.158. The van der Waals surface area contributed by atoms with E-state index < -0.39 is 0 Å². The van der Waals surface area contributed by atoms with Gasteiger partial charge in [-0.15, -0.1) is 0 Å². The molecule has 25 heavy (non-hydrogen) atoms. The van der Waals surface area contributed by atoms with Crippen LogP contribution in [0.15, 0.2) is 47.5 Å². The van der Waals surface area contributed by atoms with Gasteiger partial charge in [-0.3, -0.25) is 14.6 Å². The summed E-state index contributed by atoms with van der Waals surface area (Å²) in [4.78, 5) is 30.4. The molecule has 2 aromatic carbocycles. The number of nitrogens with zero attached hydrogens (tertiary/aromatic N) is 3. The predicted octanol–water partition coefficient (Wildman–Crippen LogP) is 2.72. The molecule has 0 aliphatic carbocycles. The van der Waals surface area contributed by atoms with Crippen molar-refractivity contribution >= 4 is 28.9 Å². The molecule has 1 aliphatic heterocycles. The van der Waals surface area contributed by atoms with Crippen LogP contribution in [0.2, 0.25) is 0 Å². The molecular weight excluding hydrogens is 316 g/mol. The van der Waals surface area contributed by atoms with Crippen LogP contribution in [0, 0.1) is 11.3 Å². The summed E-state index contributed by atoms with van der Waals surface area (Å²) in [5.41, 5.74) is 3.39. The number of aliphatic imine (C=N–C) groups is 1. The van der Waals surface area contributed by atoms with Crippen molar-refractivity contribution in [2.75, 3.05) is 19.4 Å². The zero-order chi connectivity index (χ0) is 18.0. The van der Waals surface area contributed by atoms with Crippen LogP contribution in [0.4, 0.5) is 11.4 Å². The van der Waals surface area contributed by atoms with E-state index in [1.807, 2.05) is 6.07 Å². The van der Waals surface area contributed by atoms with Gasteiger partial charge in [-0.05, 0) is 35.9 Å². The molecule has 1 heterocycles. The maximum Gasteiger partial charge on any atom is 0.253 e. The smallest absolute Gasteiger partial charge is 0.253 e. The summed E-state index contributed by atoms with van der Waals surface area (Å²) < 4.78 is 0. The number of anilines is 1. The normalized spacial score (nSPS) is 13.0. The van der Waals surface area contributed by atoms with Crippen molar-refractivity contribution < 1.29 is 9.59 Å². The highest BCUT2D eigenvalue weighted by molar-refractivity contribution is 6.17. The molecule has 2 aromatic rings. The quantitative estimate of drug-likeness (QED) is 0.917. The Morgan fingerprint density at radius 3 is 2.76 bits per heavy atom. The molecule has 3 rings (SSSR count). The van der Waals surface area contributed by atoms with Gasteiger partial charge in [-0.2, -0.15) is 5.26 Å². The first-order valence-electron chi connectivity index (χ1n) is 7.71. The molecule has 6 heteroatoms. The Bertz CT molecular complexity index is 939. The van der Waals surface area contributed by atoms with Crippen molar-refractivity contribution in [2.24, 2.45) is 4.99 Å². The molecule has 0 aromatic heterocycles. The largest absolute Gasteiger partial charge is 0.345 e. The standard InChI is InChI=1S/C19H16N4O2/c1-23(2)19(25)14-6-7-15-17(9-14)22-18(24)10-16(21-15)13-5-3-4-12(8-13)11-20/h3-9H,10H2,1-2H3,(H,22,24). The van der Waals surface area contributed by atoms with Gasteiger partial charge in [-0.25, -0.2) is 0 Å². The summed E-state index contributed by atoms with van der Waals surface area (Å²) >= 11 is 0. The lowest BCUT2D eigenvalue weighted by Crippen LogP contribution is -2.21. The van der Waals surface area contributed by atoms with Crippen LogP contribution in [0.1, 0.15) is 27.9 Å². The van der Waals surface area contributed by atoms with Gasteiger partial charge in [0.1, 0.15) is 0 Å². The molecule has 124 valence electrons. The number of benzene rings is 2. The van der Waals surface area contributed by atoms with E-state index >= 15 is 0 Å². The molecule has 0 bridgehead atoms. The van der Waals surface area contributed by atoms with Crippen LogP contribution in [-0.4, -0.2) is 36.5 Å². The van der Waals surface area contributed by atoms with Crippen molar-refractivity contribution in [3.8, 4) is 6.07 Å². The highest BCUT2D eigenvalue weighted by atomic mass is 16.2. The minimum Gasteiger partial charge on any atom is -0.345 e. The monoisotopic (exact) mass is 332 g/mol. The number of carbonyl (C=O) groups excluding carboxylic acids is 2. The predicted molar refractivity (Wildman–Crippen MR) is 95.1 cm³/mol. The van der Waals surface area contributed by atoms with E-state index in [1.54, 1.807) is 50.5 Å². The van der Waals surface area contributed by atoms with E-state index in [2.05, 4.69) is 16.4 Å². The van der Waals surface area contributed by atoms with Crippen LogP contribution in [0.5, 0.6) is 0 Å². The maximum absolute atomic E-state index is 12.2. The van der Waals surface area contributed by atoms with Crippen LogP contribution >= 0.6 is 0 Å². The molecule has 6 nitrogen and oxygen atoms in total. The molecule has 0 radical (unpaired) electrons. The maximum atomic E-state index is 12.2. The number of nitriles is 1. The van der Waals surface area contributed by atoms with Crippen molar-refractivity contribution in [1.82, 2.24) is 4.90 Å². The SMILES string of the molecule is CN(C)C(=O)c1ccc2c(c1)NC(=O)CC(c1cccc(C#N)c1)=N2. The summed E-state index contributed by atoms with van der Waals surface area (Å²) in [5, 5.41) is 11.8. The van der Waals surface area contributed by atoms with Crippen LogP contribution in [-0.2, 0) is 4.79 Å². The Hall–Kier alpha value is -3.46. The van der Waals surface area contributed by atoms with Gasteiger partial charge in [0.2, 0.25) is 5.91 Å². The number of hydrogen-bond acceptors (Lipinski definition) is 4. The Morgan fingerprint density at radius 2 is 2.04 bits per heavy atom. The van der Waals surface area contributed by atoms with Gasteiger partial charge >= 0.3 is 0 Å². The topological polar surface area (TPSA) is 85.6 Å². The van der Waals surface area contributed by atoms with E-state index in [9.17, 15) is 9.59 Å². The highest BCUT2D eigenvalue weighted by Gasteiger charge is 2.19. The molecule has 0 saturated carbocycles. The first-order valence-corrected chi connectivity index (χ1v) is 7.71. The minimum atomic E-state index is -0.214. The van der Waals surface area contributed by atoms with Gasteiger partial charge in [0.05, 0.1) is 35.1 Å². The van der Waals surface area contributed by atoms with E-state index in [-0.39, 0.29) is 18.2 Å². The molecule has 0 spiro atoms. The molecule has 1 N–H and O–H groups in total. The average Bonchev–Trinajstić information content (AvgIpc) is 2.78. The van der Waals surface area contributed by atoms with Gasteiger partial charge < -0.3 is 10.2 Å². The van der Waals surface area contributed by atoms with Gasteiger partial charge in [-0.1, -0.05) is 12.1 Å². The third-order valence-corrected chi connectivity index (χ3v) is 3.83. The number of amides is 2. The minimum absolute atomic E-state index is 0.0977. The molecular formula is C19H16N4O2. The summed E-state index contributed by atoms with van der Waals surface area (Å²) in [6.07, 6.45) is 0.0977. The summed E-state index contributed by atoms with van der Waals surface area (Å²) in [7, 11) is 3.34. The Kier molecular flexibility index (Phi) is 4.31. The first-order chi connectivity index (χ1) is 12.0. The first kappa shape index (κ1) is 16.4. The fourth-order valence-corrected chi connectivity index (χ4v) is 2.59. The Morgan fingerprint density at radius 1 is 1.24 bits per heavy atom. The lowest BCUT2D eigenvalue weighted by molar-refractivity contribution is -0.115. The number of fused-ring (bicyclic) bond motifs is 1. The van der Waals surface area contributed by atoms with E-state index in [1.165, 1.54) is 4.90 Å². The van der Waals surface area contributed by atoms with Gasteiger partial charge in [0.25, 0.3) is 5.91 Å². The summed E-state index contributed by atoms with van der Waals surface area (Å²) in [6.45, 7) is 0. The number of rotatable bonds is 2. The van der Waals surface area contributed by atoms with Gasteiger partial charge in [0.15, 0.2) is 0 Å². The number of carbonyl (C=O) groups is 2. The molecule has 0 atom stereocenters. The average molecular weight is 332 g/mol. The van der Waals surface area contributed by atoms with Crippen LogP contribution in [0.3, 0.4) is 0 Å². The van der Waals surface area contributed by atoms with E-state index in [4.69, 9.17) is 5.26 Å². The van der Waals surface area contributed by atoms with Crippen molar-refractivity contribution in [3.63, 3.8) is 0 Å². The van der Waals surface area contributed by atoms with Crippen molar-refractivity contribution in [3.05, 3.63) is 59.2 Å². The lowest BCUT2D eigenvalue weighted by Gasteiger charge is -2.12. The molecule has 0 saturated heterocycles. The molecule has 0 unspecified atom stereocenters. The Balaban J connectivity index is 2.05. The molecule has 1 aliphatic rings. The van der Waals surface area contributed by atoms with Crippen molar-refractivity contribution in [1.29, 1.82) is 5.26 Å². The Labute approximate surface area is 145 Å². The zero-order valence-corrected chi connectivity index (χ0v) is 13.9. The van der Waals surface area contributed by atoms with Crippen molar-refractivity contribution in [2.45, 2.75) is 6.42 Å².